The van der Waals surface area contributed by atoms with Gasteiger partial charge in [-0.2, -0.15) is 4.98 Å². The van der Waals surface area contributed by atoms with Crippen molar-refractivity contribution in [3.63, 3.8) is 0 Å². The third kappa shape index (κ3) is 4.98. The van der Waals surface area contributed by atoms with Gasteiger partial charge >= 0.3 is 0 Å². The number of hydrogen-bond acceptors (Lipinski definition) is 6. The highest BCUT2D eigenvalue weighted by molar-refractivity contribution is 6.36. The molecule has 0 fully saturated rings. The SMILES string of the molecule is COc1nc2ncc(C(O)(c3ccc(N(C)C)cc3)c3cccnc3)cc2c(Cl)c1Cc1ccc(-n2cccc2)cc1. The van der Waals surface area contributed by atoms with Crippen molar-refractivity contribution in [2.24, 2.45) is 0 Å². The molecule has 6 aromatic rings. The summed E-state index contributed by atoms with van der Waals surface area (Å²) in [5.74, 6) is 0.420. The van der Waals surface area contributed by atoms with Gasteiger partial charge in [-0.25, -0.2) is 4.98 Å². The van der Waals surface area contributed by atoms with Gasteiger partial charge in [0.2, 0.25) is 5.88 Å². The molecule has 0 radical (unpaired) electrons. The predicted molar refractivity (Wildman–Crippen MR) is 167 cm³/mol. The largest absolute Gasteiger partial charge is 0.481 e. The Kier molecular flexibility index (Phi) is 7.37. The van der Waals surface area contributed by atoms with Crippen molar-refractivity contribution in [1.82, 2.24) is 19.5 Å². The van der Waals surface area contributed by atoms with Crippen LogP contribution in [0.2, 0.25) is 5.02 Å². The van der Waals surface area contributed by atoms with E-state index in [1.54, 1.807) is 25.7 Å². The van der Waals surface area contributed by atoms with Crippen LogP contribution in [-0.4, -0.2) is 45.8 Å². The Hall–Kier alpha value is -4.72. The Morgan fingerprint density at radius 3 is 2.29 bits per heavy atom. The summed E-state index contributed by atoms with van der Waals surface area (Å²) in [6.07, 6.45) is 9.52. The van der Waals surface area contributed by atoms with Crippen LogP contribution in [0.3, 0.4) is 0 Å². The zero-order valence-corrected chi connectivity index (χ0v) is 24.3. The number of fused-ring (bicyclic) bond motifs is 1. The maximum absolute atomic E-state index is 12.4. The molecule has 0 aliphatic rings. The Labute approximate surface area is 249 Å². The van der Waals surface area contributed by atoms with E-state index in [1.165, 1.54) is 0 Å². The van der Waals surface area contributed by atoms with Crippen molar-refractivity contribution in [2.75, 3.05) is 26.1 Å². The molecule has 0 spiro atoms. The minimum absolute atomic E-state index is 0.420. The average Bonchev–Trinajstić information content (AvgIpc) is 3.58. The van der Waals surface area contributed by atoms with Gasteiger partial charge in [0, 0.05) is 85.0 Å². The summed E-state index contributed by atoms with van der Waals surface area (Å²) in [5, 5.41) is 13.5. The van der Waals surface area contributed by atoms with Gasteiger partial charge in [0.25, 0.3) is 0 Å². The fourth-order valence-electron chi connectivity index (χ4n) is 5.22. The fraction of sp³-hybridized carbons (Fsp3) is 0.147. The number of anilines is 1. The minimum Gasteiger partial charge on any atom is -0.481 e. The molecule has 0 saturated carbocycles. The second kappa shape index (κ2) is 11.3. The molecule has 4 aromatic heterocycles. The highest BCUT2D eigenvalue weighted by Gasteiger charge is 2.35. The second-order valence-corrected chi connectivity index (χ2v) is 10.7. The minimum atomic E-state index is -1.53. The van der Waals surface area contributed by atoms with Gasteiger partial charge in [0.15, 0.2) is 5.65 Å². The molecule has 8 heteroatoms. The first kappa shape index (κ1) is 27.4. The van der Waals surface area contributed by atoms with Crippen LogP contribution in [0, 0.1) is 0 Å². The van der Waals surface area contributed by atoms with E-state index < -0.39 is 5.60 Å². The van der Waals surface area contributed by atoms with Gasteiger partial charge in [-0.05, 0) is 59.7 Å². The standard InChI is InChI=1S/C34H30ClN5O2/c1-39(2)27-14-10-24(11-15-27)34(41,25-7-6-16-36-21-25)26-20-29-31(35)30(33(42-3)38-32(29)37-22-26)19-23-8-12-28(13-9-23)40-17-4-5-18-40/h4-18,20-22,41H,19H2,1-3H3. The molecule has 1 unspecified atom stereocenters. The van der Waals surface area contributed by atoms with Crippen LogP contribution in [0.1, 0.15) is 27.8 Å². The van der Waals surface area contributed by atoms with Crippen LogP contribution in [0.25, 0.3) is 16.7 Å². The van der Waals surface area contributed by atoms with Gasteiger partial charge in [0.05, 0.1) is 12.1 Å². The van der Waals surface area contributed by atoms with Crippen LogP contribution >= 0.6 is 11.6 Å². The van der Waals surface area contributed by atoms with Gasteiger partial charge in [-0.3, -0.25) is 4.98 Å². The van der Waals surface area contributed by atoms with Crippen molar-refractivity contribution in [2.45, 2.75) is 12.0 Å². The van der Waals surface area contributed by atoms with E-state index in [4.69, 9.17) is 16.3 Å². The van der Waals surface area contributed by atoms with E-state index in [9.17, 15) is 5.11 Å². The molecule has 0 saturated heterocycles. The molecule has 2 aromatic carbocycles. The lowest BCUT2D eigenvalue weighted by Crippen LogP contribution is -2.29. The topological polar surface area (TPSA) is 76.3 Å². The molecule has 1 N–H and O–H groups in total. The van der Waals surface area contributed by atoms with Crippen molar-refractivity contribution < 1.29 is 9.84 Å². The molecular weight excluding hydrogens is 546 g/mol. The van der Waals surface area contributed by atoms with Crippen molar-refractivity contribution in [3.05, 3.63) is 143 Å². The lowest BCUT2D eigenvalue weighted by molar-refractivity contribution is 0.125. The van der Waals surface area contributed by atoms with Crippen LogP contribution < -0.4 is 9.64 Å². The van der Waals surface area contributed by atoms with Crippen molar-refractivity contribution in [1.29, 1.82) is 0 Å². The van der Waals surface area contributed by atoms with Crippen molar-refractivity contribution >= 4 is 28.3 Å². The molecule has 42 heavy (non-hydrogen) atoms. The summed E-state index contributed by atoms with van der Waals surface area (Å²) in [7, 11) is 5.54. The van der Waals surface area contributed by atoms with Gasteiger partial charge < -0.3 is 19.3 Å². The monoisotopic (exact) mass is 575 g/mol. The molecule has 0 aliphatic carbocycles. The number of aliphatic hydroxyl groups is 1. The molecule has 0 aliphatic heterocycles. The zero-order valence-electron chi connectivity index (χ0n) is 23.6. The van der Waals surface area contributed by atoms with E-state index in [0.717, 1.165) is 22.5 Å². The lowest BCUT2D eigenvalue weighted by Gasteiger charge is -2.30. The molecule has 210 valence electrons. The summed E-state index contributed by atoms with van der Waals surface area (Å²) >= 11 is 7.09. The highest BCUT2D eigenvalue weighted by atomic mass is 35.5. The molecule has 4 heterocycles. The highest BCUT2D eigenvalue weighted by Crippen LogP contribution is 2.40. The summed E-state index contributed by atoms with van der Waals surface area (Å²) < 4.78 is 7.71. The first-order valence-corrected chi connectivity index (χ1v) is 13.9. The normalized spacial score (nSPS) is 12.7. The number of pyridine rings is 3. The molecular formula is C34H30ClN5O2. The Bertz CT molecular complexity index is 1820. The van der Waals surface area contributed by atoms with E-state index in [2.05, 4.69) is 43.8 Å². The molecule has 0 amide bonds. The number of halogens is 1. The summed E-state index contributed by atoms with van der Waals surface area (Å²) in [6, 6.07) is 25.6. The molecule has 0 bridgehead atoms. The molecule has 1 atom stereocenters. The summed E-state index contributed by atoms with van der Waals surface area (Å²) in [4.78, 5) is 15.6. The average molecular weight is 576 g/mol. The summed E-state index contributed by atoms with van der Waals surface area (Å²) in [6.45, 7) is 0. The predicted octanol–water partition coefficient (Wildman–Crippen LogP) is 6.42. The number of hydrogen-bond donors (Lipinski definition) is 1. The molecule has 7 nitrogen and oxygen atoms in total. The van der Waals surface area contributed by atoms with E-state index in [-0.39, 0.29) is 0 Å². The van der Waals surface area contributed by atoms with Crippen LogP contribution in [0.15, 0.2) is 110 Å². The van der Waals surface area contributed by atoms with Gasteiger partial charge in [0.1, 0.15) is 5.60 Å². The lowest BCUT2D eigenvalue weighted by atomic mass is 9.81. The second-order valence-electron chi connectivity index (χ2n) is 10.3. The number of nitrogens with zero attached hydrogens (tertiary/aromatic N) is 5. The quantitative estimate of drug-likeness (QED) is 0.226. The number of aromatic nitrogens is 4. The number of methoxy groups -OCH3 is 1. The Morgan fingerprint density at radius 1 is 0.905 bits per heavy atom. The smallest absolute Gasteiger partial charge is 0.220 e. The maximum atomic E-state index is 12.4. The number of rotatable bonds is 8. The van der Waals surface area contributed by atoms with E-state index in [1.807, 2.05) is 86.0 Å². The van der Waals surface area contributed by atoms with Crippen molar-refractivity contribution in [3.8, 4) is 11.6 Å². The van der Waals surface area contributed by atoms with E-state index in [0.29, 0.717) is 45.0 Å². The van der Waals surface area contributed by atoms with Crippen LogP contribution in [0.4, 0.5) is 5.69 Å². The Balaban J connectivity index is 1.45. The molecule has 6 rings (SSSR count). The zero-order chi connectivity index (χ0) is 29.3. The van der Waals surface area contributed by atoms with Gasteiger partial charge in [-0.15, -0.1) is 0 Å². The number of benzene rings is 2. The van der Waals surface area contributed by atoms with Crippen LogP contribution in [0.5, 0.6) is 5.88 Å². The maximum Gasteiger partial charge on any atom is 0.220 e. The third-order valence-electron chi connectivity index (χ3n) is 7.55. The van der Waals surface area contributed by atoms with Gasteiger partial charge in [-0.1, -0.05) is 41.9 Å². The summed E-state index contributed by atoms with van der Waals surface area (Å²) in [5.41, 5.74) is 4.66. The third-order valence-corrected chi connectivity index (χ3v) is 7.98. The number of ether oxygens (including phenoxy) is 1. The first-order valence-electron chi connectivity index (χ1n) is 13.5. The Morgan fingerprint density at radius 2 is 1.64 bits per heavy atom. The fourth-order valence-corrected chi connectivity index (χ4v) is 5.51. The first-order chi connectivity index (χ1) is 20.4. The van der Waals surface area contributed by atoms with E-state index >= 15 is 0 Å². The van der Waals surface area contributed by atoms with Crippen LogP contribution in [-0.2, 0) is 12.0 Å².